The smallest absolute Gasteiger partial charge is 0.313 e. The summed E-state index contributed by atoms with van der Waals surface area (Å²) in [5.41, 5.74) is -0.370. The first-order valence-electron chi connectivity index (χ1n) is 8.33. The number of fused-ring (bicyclic) bond motifs is 1. The van der Waals surface area contributed by atoms with Crippen LogP contribution in [-0.4, -0.2) is 42.7 Å². The molecule has 0 aromatic carbocycles. The third-order valence-electron chi connectivity index (χ3n) is 4.95. The minimum absolute atomic E-state index is 0.0809. The second kappa shape index (κ2) is 6.34. The van der Waals surface area contributed by atoms with Gasteiger partial charge in [0.15, 0.2) is 5.82 Å². The van der Waals surface area contributed by atoms with Gasteiger partial charge in [0.2, 0.25) is 5.88 Å². The van der Waals surface area contributed by atoms with Crippen molar-refractivity contribution in [1.29, 1.82) is 0 Å². The van der Waals surface area contributed by atoms with E-state index in [2.05, 4.69) is 28.7 Å². The molecule has 1 aliphatic carbocycles. The molecule has 0 N–H and O–H groups in total. The molecule has 126 valence electrons. The molecule has 6 heteroatoms. The molecule has 3 rings (SSSR count). The van der Waals surface area contributed by atoms with E-state index in [0.29, 0.717) is 30.9 Å². The fourth-order valence-corrected chi connectivity index (χ4v) is 3.81. The predicted octanol–water partition coefficient (Wildman–Crippen LogP) is 2.29. The number of esters is 1. The molecule has 1 aromatic heterocycles. The monoisotopic (exact) mass is 319 g/mol. The minimum atomic E-state index is -0.370. The topological polar surface area (TPSA) is 64.5 Å². The molecule has 1 saturated heterocycles. The van der Waals surface area contributed by atoms with Crippen molar-refractivity contribution >= 4 is 11.8 Å². The average Bonchev–Trinajstić information content (AvgIpc) is 3.10. The third-order valence-corrected chi connectivity index (χ3v) is 4.95. The molecule has 0 radical (unpaired) electrons. The highest BCUT2D eigenvalue weighted by Gasteiger charge is 2.55. The lowest BCUT2D eigenvalue weighted by atomic mass is 9.81. The van der Waals surface area contributed by atoms with Gasteiger partial charge < -0.3 is 14.4 Å². The van der Waals surface area contributed by atoms with E-state index >= 15 is 0 Å². The molecule has 6 nitrogen and oxygen atoms in total. The number of anilines is 1. The molecule has 0 amide bonds. The molecule has 1 saturated carbocycles. The van der Waals surface area contributed by atoms with Crippen LogP contribution < -0.4 is 9.64 Å². The highest BCUT2D eigenvalue weighted by atomic mass is 16.5. The largest absolute Gasteiger partial charge is 0.476 e. The molecule has 2 atom stereocenters. The number of methoxy groups -OCH3 is 1. The Labute approximate surface area is 137 Å². The van der Waals surface area contributed by atoms with Gasteiger partial charge in [0.1, 0.15) is 0 Å². The lowest BCUT2D eigenvalue weighted by Gasteiger charge is -2.25. The van der Waals surface area contributed by atoms with Crippen molar-refractivity contribution < 1.29 is 14.3 Å². The highest BCUT2D eigenvalue weighted by molar-refractivity contribution is 5.79. The third kappa shape index (κ3) is 2.99. The molecule has 2 fully saturated rings. The zero-order valence-electron chi connectivity index (χ0n) is 14.1. The van der Waals surface area contributed by atoms with Crippen molar-refractivity contribution in [2.45, 2.75) is 33.1 Å². The van der Waals surface area contributed by atoms with Crippen LogP contribution in [0.1, 0.15) is 33.1 Å². The molecule has 2 aliphatic rings. The standard InChI is InChI=1S/C17H25N3O3/c1-12(2)10-23-15-8-18-7-14(19-15)20-9-13-5-4-6-17(13,11-20)16(21)22-3/h7-8,12-13H,4-6,9-11H2,1-3H3. The fourth-order valence-electron chi connectivity index (χ4n) is 3.81. The Morgan fingerprint density at radius 1 is 1.48 bits per heavy atom. The fraction of sp³-hybridized carbons (Fsp3) is 0.706. The number of rotatable bonds is 5. The Bertz CT molecular complexity index is 578. The van der Waals surface area contributed by atoms with Crippen LogP contribution in [0, 0.1) is 17.3 Å². The van der Waals surface area contributed by atoms with Crippen molar-refractivity contribution in [3.05, 3.63) is 12.4 Å². The zero-order valence-corrected chi connectivity index (χ0v) is 14.1. The van der Waals surface area contributed by atoms with Crippen LogP contribution in [0.3, 0.4) is 0 Å². The van der Waals surface area contributed by atoms with Gasteiger partial charge in [-0.1, -0.05) is 20.3 Å². The molecule has 2 heterocycles. The first kappa shape index (κ1) is 16.0. The van der Waals surface area contributed by atoms with E-state index in [1.54, 1.807) is 12.4 Å². The van der Waals surface area contributed by atoms with Gasteiger partial charge in [-0.15, -0.1) is 0 Å². The van der Waals surface area contributed by atoms with E-state index in [0.717, 1.165) is 31.6 Å². The number of nitrogens with zero attached hydrogens (tertiary/aromatic N) is 3. The summed E-state index contributed by atoms with van der Waals surface area (Å²) in [4.78, 5) is 23.3. The van der Waals surface area contributed by atoms with E-state index < -0.39 is 0 Å². The SMILES string of the molecule is COC(=O)C12CCCC1CN(c1cncc(OCC(C)C)n1)C2. The average molecular weight is 319 g/mol. The van der Waals surface area contributed by atoms with Gasteiger partial charge in [-0.25, -0.2) is 0 Å². The maximum absolute atomic E-state index is 12.3. The van der Waals surface area contributed by atoms with Crippen LogP contribution in [0.15, 0.2) is 12.4 Å². The van der Waals surface area contributed by atoms with Gasteiger partial charge in [-0.2, -0.15) is 4.98 Å². The van der Waals surface area contributed by atoms with E-state index in [4.69, 9.17) is 9.47 Å². The van der Waals surface area contributed by atoms with Gasteiger partial charge in [0.25, 0.3) is 0 Å². The molecular formula is C17H25N3O3. The maximum atomic E-state index is 12.3. The van der Waals surface area contributed by atoms with Gasteiger partial charge in [0, 0.05) is 13.1 Å². The molecule has 1 aliphatic heterocycles. The summed E-state index contributed by atoms with van der Waals surface area (Å²) in [6.07, 6.45) is 6.45. The second-order valence-corrected chi connectivity index (χ2v) is 7.04. The number of hydrogen-bond donors (Lipinski definition) is 0. The molecule has 1 aromatic rings. The Balaban J connectivity index is 1.76. The summed E-state index contributed by atoms with van der Waals surface area (Å²) in [6.45, 7) is 6.30. The zero-order chi connectivity index (χ0) is 16.4. The van der Waals surface area contributed by atoms with Crippen LogP contribution >= 0.6 is 0 Å². The van der Waals surface area contributed by atoms with E-state index in [1.165, 1.54) is 7.11 Å². The summed E-state index contributed by atoms with van der Waals surface area (Å²) in [6, 6.07) is 0. The van der Waals surface area contributed by atoms with Crippen LogP contribution in [0.2, 0.25) is 0 Å². The number of aromatic nitrogens is 2. The van der Waals surface area contributed by atoms with Crippen molar-refractivity contribution in [2.75, 3.05) is 31.7 Å². The number of ether oxygens (including phenoxy) is 2. The summed E-state index contributed by atoms with van der Waals surface area (Å²) < 4.78 is 10.7. The number of hydrogen-bond acceptors (Lipinski definition) is 6. The highest BCUT2D eigenvalue weighted by Crippen LogP contribution is 2.50. The Hall–Kier alpha value is -1.85. The quantitative estimate of drug-likeness (QED) is 0.776. The normalized spacial score (nSPS) is 26.4. The Morgan fingerprint density at radius 2 is 2.30 bits per heavy atom. The van der Waals surface area contributed by atoms with Crippen LogP contribution in [-0.2, 0) is 9.53 Å². The van der Waals surface area contributed by atoms with Crippen LogP contribution in [0.5, 0.6) is 5.88 Å². The molecular weight excluding hydrogens is 294 g/mol. The van der Waals surface area contributed by atoms with Crippen molar-refractivity contribution in [2.24, 2.45) is 17.3 Å². The predicted molar refractivity (Wildman–Crippen MR) is 86.4 cm³/mol. The lowest BCUT2D eigenvalue weighted by molar-refractivity contribution is -0.152. The van der Waals surface area contributed by atoms with Crippen molar-refractivity contribution in [3.8, 4) is 5.88 Å². The van der Waals surface area contributed by atoms with E-state index in [9.17, 15) is 4.79 Å². The minimum Gasteiger partial charge on any atom is -0.476 e. The first-order chi connectivity index (χ1) is 11.0. The number of carbonyl (C=O) groups is 1. The molecule has 0 spiro atoms. The molecule has 2 unspecified atom stereocenters. The first-order valence-corrected chi connectivity index (χ1v) is 8.33. The summed E-state index contributed by atoms with van der Waals surface area (Å²) in [5.74, 6) is 2.03. The molecule has 23 heavy (non-hydrogen) atoms. The maximum Gasteiger partial charge on any atom is 0.313 e. The van der Waals surface area contributed by atoms with Crippen LogP contribution in [0.25, 0.3) is 0 Å². The van der Waals surface area contributed by atoms with Crippen LogP contribution in [0.4, 0.5) is 5.82 Å². The van der Waals surface area contributed by atoms with Gasteiger partial charge in [0.05, 0.1) is 31.5 Å². The van der Waals surface area contributed by atoms with Crippen molar-refractivity contribution in [1.82, 2.24) is 9.97 Å². The lowest BCUT2D eigenvalue weighted by Crippen LogP contribution is -2.37. The Morgan fingerprint density at radius 3 is 3.04 bits per heavy atom. The van der Waals surface area contributed by atoms with Gasteiger partial charge in [-0.3, -0.25) is 9.78 Å². The van der Waals surface area contributed by atoms with Crippen molar-refractivity contribution in [3.63, 3.8) is 0 Å². The van der Waals surface area contributed by atoms with Gasteiger partial charge in [-0.05, 0) is 24.7 Å². The molecule has 0 bridgehead atoms. The van der Waals surface area contributed by atoms with E-state index in [1.807, 2.05) is 0 Å². The second-order valence-electron chi connectivity index (χ2n) is 7.04. The number of carbonyl (C=O) groups excluding carboxylic acids is 1. The summed E-state index contributed by atoms with van der Waals surface area (Å²) >= 11 is 0. The summed E-state index contributed by atoms with van der Waals surface area (Å²) in [7, 11) is 1.48. The van der Waals surface area contributed by atoms with E-state index in [-0.39, 0.29) is 11.4 Å². The summed E-state index contributed by atoms with van der Waals surface area (Å²) in [5, 5.41) is 0. The Kier molecular flexibility index (Phi) is 4.41. The van der Waals surface area contributed by atoms with Gasteiger partial charge >= 0.3 is 5.97 Å².